The Balaban J connectivity index is 2.12. The van der Waals surface area contributed by atoms with E-state index in [1.54, 1.807) is 32.4 Å². The van der Waals surface area contributed by atoms with Crippen molar-refractivity contribution in [3.8, 4) is 17.2 Å². The maximum Gasteiger partial charge on any atom is 0.238 e. The van der Waals surface area contributed by atoms with E-state index in [1.807, 2.05) is 0 Å². The zero-order valence-electron chi connectivity index (χ0n) is 11.4. The lowest BCUT2D eigenvalue weighted by Gasteiger charge is -2.44. The summed E-state index contributed by atoms with van der Waals surface area (Å²) in [5, 5.41) is 9.08. The molecule has 2 unspecified atom stereocenters. The fourth-order valence-corrected chi connectivity index (χ4v) is 2.18. The van der Waals surface area contributed by atoms with Gasteiger partial charge in [-0.15, -0.1) is 0 Å². The van der Waals surface area contributed by atoms with Gasteiger partial charge in [-0.2, -0.15) is 0 Å². The third-order valence-corrected chi connectivity index (χ3v) is 3.25. The van der Waals surface area contributed by atoms with Gasteiger partial charge in [-0.3, -0.25) is 9.69 Å². The number of nitrogens with zero attached hydrogens (tertiary/aromatic N) is 1. The van der Waals surface area contributed by atoms with Crippen LogP contribution >= 0.6 is 0 Å². The third kappa shape index (κ3) is 2.78. The summed E-state index contributed by atoms with van der Waals surface area (Å²) < 4.78 is 16.0. The number of rotatable bonds is 6. The largest absolute Gasteiger partial charge is 0.496 e. The van der Waals surface area contributed by atoms with Crippen molar-refractivity contribution in [3.63, 3.8) is 0 Å². The number of benzene rings is 1. The number of ether oxygens (including phenoxy) is 3. The van der Waals surface area contributed by atoms with Gasteiger partial charge in [0.05, 0.1) is 21.0 Å². The van der Waals surface area contributed by atoms with Crippen molar-refractivity contribution >= 4 is 5.91 Å². The number of hydrogen-bond acceptors (Lipinski definition) is 6. The average Bonchev–Trinajstić information content (AvgIpc) is 2.41. The number of carbonyl (C=O) groups excluding carboxylic acids is 1. The molecule has 1 aliphatic rings. The molecule has 1 heterocycles. The van der Waals surface area contributed by atoms with E-state index < -0.39 is 18.1 Å². The number of likely N-dealkylation sites (tertiary alicyclic amines) is 1. The first kappa shape index (κ1) is 14.4. The Bertz CT molecular complexity index is 471. The lowest BCUT2D eigenvalue weighted by molar-refractivity contribution is -0.143. The lowest BCUT2D eigenvalue weighted by Crippen LogP contribution is -2.67. The molecule has 0 spiro atoms. The number of aliphatic hydroxyl groups excluding tert-OH is 1. The van der Waals surface area contributed by atoms with Gasteiger partial charge in [0.1, 0.15) is 29.4 Å². The molecule has 0 aromatic heterocycles. The zero-order valence-corrected chi connectivity index (χ0v) is 11.4. The second-order valence-corrected chi connectivity index (χ2v) is 4.46. The van der Waals surface area contributed by atoms with Crippen LogP contribution < -0.4 is 19.9 Å². The minimum absolute atomic E-state index is 0.227. The predicted molar refractivity (Wildman–Crippen MR) is 70.7 cm³/mol. The van der Waals surface area contributed by atoms with Crippen molar-refractivity contribution in [1.29, 1.82) is 0 Å². The number of methoxy groups -OCH3 is 2. The molecule has 1 fully saturated rings. The molecule has 3 N–H and O–H groups in total. The summed E-state index contributed by atoms with van der Waals surface area (Å²) in [7, 11) is 3.09. The molecule has 0 bridgehead atoms. The highest BCUT2D eigenvalue weighted by atomic mass is 16.5. The van der Waals surface area contributed by atoms with Gasteiger partial charge in [-0.05, 0) is 0 Å². The number of hydrogen-bond donors (Lipinski definition) is 2. The molecule has 0 aliphatic carbocycles. The number of carbonyl (C=O) groups is 1. The van der Waals surface area contributed by atoms with Crippen LogP contribution in [-0.4, -0.2) is 55.6 Å². The molecule has 1 aliphatic heterocycles. The minimum atomic E-state index is -0.628. The lowest BCUT2D eigenvalue weighted by atomic mass is 9.99. The average molecular weight is 282 g/mol. The van der Waals surface area contributed by atoms with E-state index >= 15 is 0 Å². The van der Waals surface area contributed by atoms with Crippen LogP contribution in [0.15, 0.2) is 18.2 Å². The van der Waals surface area contributed by atoms with Crippen molar-refractivity contribution in [2.75, 3.05) is 27.5 Å². The van der Waals surface area contributed by atoms with Gasteiger partial charge in [0, 0.05) is 24.7 Å². The Morgan fingerprint density at radius 3 is 2.30 bits per heavy atom. The van der Waals surface area contributed by atoms with Crippen LogP contribution in [0.3, 0.4) is 0 Å². The first-order valence-electron chi connectivity index (χ1n) is 6.13. The highest BCUT2D eigenvalue weighted by molar-refractivity contribution is 5.81. The van der Waals surface area contributed by atoms with Crippen molar-refractivity contribution < 1.29 is 24.1 Å². The van der Waals surface area contributed by atoms with Crippen molar-refractivity contribution in [1.82, 2.24) is 4.90 Å². The molecule has 7 nitrogen and oxygen atoms in total. The molecule has 2 atom stereocenters. The van der Waals surface area contributed by atoms with Crippen LogP contribution in [0.2, 0.25) is 0 Å². The Morgan fingerprint density at radius 2 is 1.85 bits per heavy atom. The van der Waals surface area contributed by atoms with E-state index in [1.165, 1.54) is 4.90 Å². The molecule has 20 heavy (non-hydrogen) atoms. The SMILES string of the molecule is COc1cc(OC)cc(OC2CN(CO)C2C(N)=O)c1. The van der Waals surface area contributed by atoms with E-state index in [0.717, 1.165) is 0 Å². The summed E-state index contributed by atoms with van der Waals surface area (Å²) in [5.74, 6) is 1.18. The highest BCUT2D eigenvalue weighted by Crippen LogP contribution is 2.30. The first-order chi connectivity index (χ1) is 9.58. The second-order valence-electron chi connectivity index (χ2n) is 4.46. The van der Waals surface area contributed by atoms with Gasteiger partial charge in [0.25, 0.3) is 0 Å². The van der Waals surface area contributed by atoms with Crippen LogP contribution in [0.5, 0.6) is 17.2 Å². The Labute approximate surface area is 116 Å². The zero-order chi connectivity index (χ0) is 14.7. The minimum Gasteiger partial charge on any atom is -0.496 e. The normalized spacial score (nSPS) is 21.9. The number of aliphatic hydroxyl groups is 1. The molecule has 2 rings (SSSR count). The van der Waals surface area contributed by atoms with Gasteiger partial charge in [-0.25, -0.2) is 0 Å². The van der Waals surface area contributed by atoms with E-state index in [0.29, 0.717) is 23.8 Å². The fourth-order valence-electron chi connectivity index (χ4n) is 2.18. The Hall–Kier alpha value is -1.99. The summed E-state index contributed by atoms with van der Waals surface area (Å²) in [6.45, 7) is 0.207. The van der Waals surface area contributed by atoms with Crippen molar-refractivity contribution in [2.45, 2.75) is 12.1 Å². The molecule has 1 aromatic rings. The van der Waals surface area contributed by atoms with Gasteiger partial charge in [-0.1, -0.05) is 0 Å². The molecule has 110 valence electrons. The summed E-state index contributed by atoms with van der Waals surface area (Å²) in [5.41, 5.74) is 5.30. The summed E-state index contributed by atoms with van der Waals surface area (Å²) in [4.78, 5) is 12.9. The van der Waals surface area contributed by atoms with Crippen LogP contribution in [0, 0.1) is 0 Å². The van der Waals surface area contributed by atoms with Crippen LogP contribution in [0.4, 0.5) is 0 Å². The molecule has 0 radical (unpaired) electrons. The second kappa shape index (κ2) is 5.98. The molecular weight excluding hydrogens is 264 g/mol. The van der Waals surface area contributed by atoms with Gasteiger partial charge in [0.15, 0.2) is 0 Å². The molecule has 0 saturated carbocycles. The summed E-state index contributed by atoms with van der Waals surface area (Å²) in [6.07, 6.45) is -0.392. The van der Waals surface area contributed by atoms with Crippen LogP contribution in [-0.2, 0) is 4.79 Å². The molecule has 1 amide bonds. The number of primary amides is 1. The van der Waals surface area contributed by atoms with Crippen LogP contribution in [0.1, 0.15) is 0 Å². The molecule has 1 saturated heterocycles. The standard InChI is InChI=1S/C13H18N2O5/c1-18-8-3-9(19-2)5-10(4-8)20-11-6-15(7-16)12(11)13(14)17/h3-5,11-12,16H,6-7H2,1-2H3,(H2,14,17). The third-order valence-electron chi connectivity index (χ3n) is 3.25. The van der Waals surface area contributed by atoms with Gasteiger partial charge < -0.3 is 25.1 Å². The Kier molecular flexibility index (Phi) is 4.31. The molecule has 1 aromatic carbocycles. The summed E-state index contributed by atoms with van der Waals surface area (Å²) >= 11 is 0. The van der Waals surface area contributed by atoms with Gasteiger partial charge in [0.2, 0.25) is 5.91 Å². The van der Waals surface area contributed by atoms with E-state index in [9.17, 15) is 4.79 Å². The number of amides is 1. The fraction of sp³-hybridized carbons (Fsp3) is 0.462. The predicted octanol–water partition coefficient (Wildman–Crippen LogP) is -0.429. The van der Waals surface area contributed by atoms with E-state index in [-0.39, 0.29) is 6.73 Å². The van der Waals surface area contributed by atoms with Crippen molar-refractivity contribution in [2.24, 2.45) is 5.73 Å². The monoisotopic (exact) mass is 282 g/mol. The number of nitrogens with two attached hydrogens (primary N) is 1. The topological polar surface area (TPSA) is 94.2 Å². The highest BCUT2D eigenvalue weighted by Gasteiger charge is 2.44. The van der Waals surface area contributed by atoms with E-state index in [2.05, 4.69) is 0 Å². The molecule has 7 heteroatoms. The quantitative estimate of drug-likeness (QED) is 0.735. The van der Waals surface area contributed by atoms with Crippen molar-refractivity contribution in [3.05, 3.63) is 18.2 Å². The summed E-state index contributed by atoms with van der Waals surface area (Å²) in [6, 6.07) is 4.49. The van der Waals surface area contributed by atoms with E-state index in [4.69, 9.17) is 25.1 Å². The maximum atomic E-state index is 11.3. The first-order valence-corrected chi connectivity index (χ1v) is 6.13. The smallest absolute Gasteiger partial charge is 0.238 e. The van der Waals surface area contributed by atoms with Crippen LogP contribution in [0.25, 0.3) is 0 Å². The Morgan fingerprint density at radius 1 is 1.30 bits per heavy atom. The molecular formula is C13H18N2O5. The maximum absolute atomic E-state index is 11.3. The van der Waals surface area contributed by atoms with Gasteiger partial charge >= 0.3 is 0 Å².